The van der Waals surface area contributed by atoms with Crippen LogP contribution in [0.4, 0.5) is 11.5 Å². The van der Waals surface area contributed by atoms with Crippen molar-refractivity contribution in [3.05, 3.63) is 30.5 Å². The highest BCUT2D eigenvalue weighted by atomic mass is 15.2. The minimum Gasteiger partial charge on any atom is -0.368 e. The molecule has 0 bridgehead atoms. The van der Waals surface area contributed by atoms with E-state index in [1.165, 1.54) is 35.1 Å². The first-order valence-electron chi connectivity index (χ1n) is 8.02. The fourth-order valence-corrected chi connectivity index (χ4v) is 3.53. The molecule has 1 aromatic carbocycles. The summed E-state index contributed by atoms with van der Waals surface area (Å²) in [6, 6.07) is 8.78. The molecule has 0 unspecified atom stereocenters. The average molecular weight is 282 g/mol. The molecule has 1 N–H and O–H groups in total. The lowest BCUT2D eigenvalue weighted by Gasteiger charge is -2.31. The smallest absolute Gasteiger partial charge is 0.138 e. The largest absolute Gasteiger partial charge is 0.368 e. The quantitative estimate of drug-likeness (QED) is 0.915. The van der Waals surface area contributed by atoms with Crippen molar-refractivity contribution in [2.75, 3.05) is 49.1 Å². The minimum absolute atomic E-state index is 1.07. The Morgan fingerprint density at radius 1 is 0.905 bits per heavy atom. The number of aromatic nitrogens is 1. The highest BCUT2D eigenvalue weighted by Crippen LogP contribution is 2.35. The summed E-state index contributed by atoms with van der Waals surface area (Å²) in [6.07, 6.45) is 4.53. The first-order valence-corrected chi connectivity index (χ1v) is 8.02. The van der Waals surface area contributed by atoms with Crippen LogP contribution in [0, 0.1) is 0 Å². The number of nitrogens with zero attached hydrogens (tertiary/aromatic N) is 3. The lowest BCUT2D eigenvalue weighted by molar-refractivity contribution is 0.590. The SMILES string of the molecule is c1cc(N2CCNCC2)c2c(N3CCCC3)nccc2c1. The van der Waals surface area contributed by atoms with Crippen LogP contribution < -0.4 is 15.1 Å². The first-order chi connectivity index (χ1) is 10.4. The molecule has 4 rings (SSSR count). The zero-order valence-electron chi connectivity index (χ0n) is 12.4. The number of anilines is 2. The molecule has 4 nitrogen and oxygen atoms in total. The van der Waals surface area contributed by atoms with Crippen molar-refractivity contribution in [1.29, 1.82) is 0 Å². The van der Waals surface area contributed by atoms with Crippen molar-refractivity contribution in [2.45, 2.75) is 12.8 Å². The summed E-state index contributed by atoms with van der Waals surface area (Å²) >= 11 is 0. The van der Waals surface area contributed by atoms with Crippen molar-refractivity contribution in [3.8, 4) is 0 Å². The average Bonchev–Trinajstić information content (AvgIpc) is 3.09. The topological polar surface area (TPSA) is 31.4 Å². The number of fused-ring (bicyclic) bond motifs is 1. The maximum atomic E-state index is 4.73. The van der Waals surface area contributed by atoms with Gasteiger partial charge in [0.15, 0.2) is 0 Å². The first kappa shape index (κ1) is 12.9. The molecular weight excluding hydrogens is 260 g/mol. The van der Waals surface area contributed by atoms with Gasteiger partial charge in [0.1, 0.15) is 5.82 Å². The Kier molecular flexibility index (Phi) is 3.39. The van der Waals surface area contributed by atoms with Crippen LogP contribution in [0.1, 0.15) is 12.8 Å². The molecule has 4 heteroatoms. The molecular formula is C17H22N4. The van der Waals surface area contributed by atoms with Gasteiger partial charge in [-0.3, -0.25) is 0 Å². The highest BCUT2D eigenvalue weighted by molar-refractivity contribution is 6.02. The van der Waals surface area contributed by atoms with Crippen molar-refractivity contribution in [2.24, 2.45) is 0 Å². The Balaban J connectivity index is 1.85. The van der Waals surface area contributed by atoms with Gasteiger partial charge in [-0.1, -0.05) is 12.1 Å². The van der Waals surface area contributed by atoms with Gasteiger partial charge in [0, 0.05) is 56.5 Å². The number of benzene rings is 1. The molecule has 2 saturated heterocycles. The van der Waals surface area contributed by atoms with Gasteiger partial charge in [0.2, 0.25) is 0 Å². The molecule has 0 aliphatic carbocycles. The third-order valence-corrected chi connectivity index (χ3v) is 4.61. The third-order valence-electron chi connectivity index (χ3n) is 4.61. The van der Waals surface area contributed by atoms with E-state index in [9.17, 15) is 0 Å². The van der Waals surface area contributed by atoms with Crippen LogP contribution in [0.15, 0.2) is 30.5 Å². The Labute approximate surface area is 125 Å². The van der Waals surface area contributed by atoms with Gasteiger partial charge in [0.25, 0.3) is 0 Å². The normalized spacial score (nSPS) is 19.4. The zero-order valence-corrected chi connectivity index (χ0v) is 12.4. The van der Waals surface area contributed by atoms with E-state index in [2.05, 4.69) is 39.4 Å². The maximum Gasteiger partial charge on any atom is 0.138 e. The molecule has 110 valence electrons. The number of pyridine rings is 1. The molecule has 2 aromatic rings. The second-order valence-corrected chi connectivity index (χ2v) is 5.94. The second kappa shape index (κ2) is 5.53. The summed E-state index contributed by atoms with van der Waals surface area (Å²) < 4.78 is 0. The Morgan fingerprint density at radius 2 is 1.71 bits per heavy atom. The van der Waals surface area contributed by atoms with Gasteiger partial charge >= 0.3 is 0 Å². The number of hydrogen-bond acceptors (Lipinski definition) is 4. The Morgan fingerprint density at radius 3 is 2.52 bits per heavy atom. The van der Waals surface area contributed by atoms with Crippen molar-refractivity contribution < 1.29 is 0 Å². The summed E-state index contributed by atoms with van der Waals surface area (Å²) in [5, 5.41) is 6.08. The minimum atomic E-state index is 1.07. The van der Waals surface area contributed by atoms with E-state index in [0.717, 1.165) is 39.3 Å². The van der Waals surface area contributed by atoms with E-state index in [4.69, 9.17) is 4.98 Å². The molecule has 2 fully saturated rings. The molecule has 0 spiro atoms. The predicted molar refractivity (Wildman–Crippen MR) is 88.3 cm³/mol. The van der Waals surface area contributed by atoms with Crippen LogP contribution in [0.2, 0.25) is 0 Å². The van der Waals surface area contributed by atoms with Crippen LogP contribution in [0.25, 0.3) is 10.8 Å². The fraction of sp³-hybridized carbons (Fsp3) is 0.471. The number of piperazine rings is 1. The summed E-state index contributed by atoms with van der Waals surface area (Å²) in [5.41, 5.74) is 1.35. The van der Waals surface area contributed by atoms with E-state index < -0.39 is 0 Å². The van der Waals surface area contributed by atoms with Gasteiger partial charge < -0.3 is 15.1 Å². The number of hydrogen-bond donors (Lipinski definition) is 1. The van der Waals surface area contributed by atoms with E-state index in [1.807, 2.05) is 6.20 Å². The van der Waals surface area contributed by atoms with Crippen molar-refractivity contribution in [3.63, 3.8) is 0 Å². The molecule has 0 amide bonds. The molecule has 21 heavy (non-hydrogen) atoms. The molecule has 2 aliphatic heterocycles. The summed E-state index contributed by atoms with van der Waals surface area (Å²) in [6.45, 7) is 6.57. The van der Waals surface area contributed by atoms with Gasteiger partial charge in [-0.15, -0.1) is 0 Å². The van der Waals surface area contributed by atoms with Gasteiger partial charge in [-0.05, 0) is 30.4 Å². The van der Waals surface area contributed by atoms with Crippen LogP contribution in [0.3, 0.4) is 0 Å². The lowest BCUT2D eigenvalue weighted by atomic mass is 10.1. The Hall–Kier alpha value is -1.81. The van der Waals surface area contributed by atoms with Gasteiger partial charge in [-0.25, -0.2) is 4.98 Å². The van der Waals surface area contributed by atoms with Crippen LogP contribution in [-0.4, -0.2) is 44.3 Å². The molecule has 1 aromatic heterocycles. The third kappa shape index (κ3) is 2.33. The fourth-order valence-electron chi connectivity index (χ4n) is 3.53. The van der Waals surface area contributed by atoms with Crippen LogP contribution in [0.5, 0.6) is 0 Å². The second-order valence-electron chi connectivity index (χ2n) is 5.94. The van der Waals surface area contributed by atoms with Crippen molar-refractivity contribution >= 4 is 22.3 Å². The molecule has 0 atom stereocenters. The monoisotopic (exact) mass is 282 g/mol. The molecule has 0 radical (unpaired) electrons. The van der Waals surface area contributed by atoms with Crippen molar-refractivity contribution in [1.82, 2.24) is 10.3 Å². The molecule has 2 aliphatic rings. The Bertz CT molecular complexity index is 622. The zero-order chi connectivity index (χ0) is 14.1. The lowest BCUT2D eigenvalue weighted by Crippen LogP contribution is -2.43. The van der Waals surface area contributed by atoms with Crippen LogP contribution in [-0.2, 0) is 0 Å². The van der Waals surface area contributed by atoms with Crippen LogP contribution >= 0.6 is 0 Å². The highest BCUT2D eigenvalue weighted by Gasteiger charge is 2.20. The summed E-state index contributed by atoms with van der Waals surface area (Å²) in [7, 11) is 0. The van der Waals surface area contributed by atoms with Gasteiger partial charge in [-0.2, -0.15) is 0 Å². The van der Waals surface area contributed by atoms with Gasteiger partial charge in [0.05, 0.1) is 0 Å². The van der Waals surface area contributed by atoms with E-state index in [-0.39, 0.29) is 0 Å². The maximum absolute atomic E-state index is 4.73. The number of rotatable bonds is 2. The van der Waals surface area contributed by atoms with E-state index >= 15 is 0 Å². The molecule has 0 saturated carbocycles. The van der Waals surface area contributed by atoms with E-state index in [0.29, 0.717) is 0 Å². The van der Waals surface area contributed by atoms with E-state index in [1.54, 1.807) is 0 Å². The summed E-state index contributed by atoms with van der Waals surface area (Å²) in [5.74, 6) is 1.18. The molecule has 3 heterocycles. The standard InChI is InChI=1S/C17H22N4/c1-2-11-21(10-1)17-16-14(6-7-19-17)4-3-5-15(16)20-12-8-18-9-13-20/h3-7,18H,1-2,8-13H2. The predicted octanol–water partition coefficient (Wildman–Crippen LogP) is 2.24. The summed E-state index contributed by atoms with van der Waals surface area (Å²) in [4.78, 5) is 9.68. The number of nitrogens with one attached hydrogen (secondary N) is 1.